The van der Waals surface area contributed by atoms with Crippen LogP contribution in [0.1, 0.15) is 48.3 Å². The quantitative estimate of drug-likeness (QED) is 0.488. The summed E-state index contributed by atoms with van der Waals surface area (Å²) in [6.45, 7) is 4.03. The van der Waals surface area contributed by atoms with Crippen LogP contribution in [0.15, 0.2) is 71.6 Å². The molecule has 0 amide bonds. The number of anilines is 1. The van der Waals surface area contributed by atoms with Crippen molar-refractivity contribution in [1.29, 1.82) is 5.26 Å². The first kappa shape index (κ1) is 22.3. The van der Waals surface area contributed by atoms with Crippen molar-refractivity contribution in [3.8, 4) is 17.6 Å². The summed E-state index contributed by atoms with van der Waals surface area (Å²) in [5.41, 5.74) is 3.06. The van der Waals surface area contributed by atoms with E-state index in [9.17, 15) is 13.7 Å². The van der Waals surface area contributed by atoms with Crippen LogP contribution in [-0.4, -0.2) is 21.3 Å². The average Bonchev–Trinajstić information content (AvgIpc) is 3.30. The van der Waals surface area contributed by atoms with Crippen LogP contribution in [0.4, 0.5) is 5.69 Å². The van der Waals surface area contributed by atoms with Crippen LogP contribution in [0.2, 0.25) is 0 Å². The molecule has 0 radical (unpaired) electrons. The van der Waals surface area contributed by atoms with E-state index in [0.29, 0.717) is 29.2 Å². The molecule has 3 atom stereocenters. The van der Waals surface area contributed by atoms with E-state index in [0.717, 1.165) is 17.5 Å². The molecule has 2 heterocycles. The minimum Gasteiger partial charge on any atom is -0.454 e. The molecule has 6 nitrogen and oxygen atoms in total. The van der Waals surface area contributed by atoms with Gasteiger partial charge in [0.2, 0.25) is 6.79 Å². The fraction of sp³-hybridized carbons (Fsp3) is 0.296. The topological polar surface area (TPSA) is 79.6 Å². The third-order valence-corrected chi connectivity index (χ3v) is 8.51. The second kappa shape index (κ2) is 8.69. The zero-order chi connectivity index (χ0) is 23.9. The number of ether oxygens (including phenoxy) is 2. The zero-order valence-corrected chi connectivity index (χ0v) is 20.0. The number of aryl methyl sites for hydroxylation is 1. The summed E-state index contributed by atoms with van der Waals surface area (Å²) in [4.78, 5) is 0.227. The van der Waals surface area contributed by atoms with E-state index in [-0.39, 0.29) is 17.6 Å². The maximum atomic E-state index is 14.2. The van der Waals surface area contributed by atoms with Crippen LogP contribution in [-0.2, 0) is 10.0 Å². The van der Waals surface area contributed by atoms with Gasteiger partial charge in [-0.25, -0.2) is 8.42 Å². The smallest absolute Gasteiger partial charge is 0.264 e. The summed E-state index contributed by atoms with van der Waals surface area (Å²) in [7, 11) is -3.93. The molecule has 0 bridgehead atoms. The van der Waals surface area contributed by atoms with Crippen LogP contribution in [0.25, 0.3) is 0 Å². The third kappa shape index (κ3) is 3.59. The molecule has 0 unspecified atom stereocenters. The first-order valence-corrected chi connectivity index (χ1v) is 12.9. The van der Waals surface area contributed by atoms with Crippen molar-refractivity contribution in [1.82, 2.24) is 0 Å². The Balaban J connectivity index is 1.79. The summed E-state index contributed by atoms with van der Waals surface area (Å²) >= 11 is 0. The lowest BCUT2D eigenvalue weighted by Gasteiger charge is -2.45. The summed E-state index contributed by atoms with van der Waals surface area (Å²) in [5, 5.41) is 10.4. The Morgan fingerprint density at radius 2 is 1.71 bits per heavy atom. The Hall–Kier alpha value is -3.50. The van der Waals surface area contributed by atoms with Crippen LogP contribution < -0.4 is 13.8 Å². The molecular formula is C27H26N2O4S. The summed E-state index contributed by atoms with van der Waals surface area (Å²) < 4.78 is 41.1. The number of benzene rings is 3. The molecule has 0 saturated heterocycles. The predicted octanol–water partition coefficient (Wildman–Crippen LogP) is 5.49. The molecule has 0 aromatic heterocycles. The lowest BCUT2D eigenvalue weighted by Crippen LogP contribution is -2.49. The Morgan fingerprint density at radius 1 is 1.03 bits per heavy atom. The Kier molecular flexibility index (Phi) is 5.70. The van der Waals surface area contributed by atoms with E-state index < -0.39 is 22.0 Å². The highest BCUT2D eigenvalue weighted by molar-refractivity contribution is 7.92. The van der Waals surface area contributed by atoms with Gasteiger partial charge < -0.3 is 9.47 Å². The number of hydrogen-bond acceptors (Lipinski definition) is 5. The normalized spacial score (nSPS) is 21.1. The van der Waals surface area contributed by atoms with Gasteiger partial charge in [0.15, 0.2) is 11.5 Å². The van der Waals surface area contributed by atoms with Gasteiger partial charge in [0.1, 0.15) is 0 Å². The van der Waals surface area contributed by atoms with Crippen molar-refractivity contribution in [3.63, 3.8) is 0 Å². The standard InChI is InChI=1S/C27H26N2O4S/c1-3-7-23-27(19-8-5-4-6-9-19)22(16-28)21-14-25-26(33-17-32-25)15-24(21)29(23)34(30,31)20-12-10-18(2)11-13-20/h4-6,8-15,22-23,27H,3,7,17H2,1-2H3/t22-,23+,27+/m1/s1. The lowest BCUT2D eigenvalue weighted by atomic mass is 9.73. The Labute approximate surface area is 200 Å². The zero-order valence-electron chi connectivity index (χ0n) is 19.1. The van der Waals surface area contributed by atoms with Gasteiger partial charge in [0.05, 0.1) is 28.6 Å². The van der Waals surface area contributed by atoms with Gasteiger partial charge in [0.25, 0.3) is 10.0 Å². The van der Waals surface area contributed by atoms with Crippen LogP contribution in [0.3, 0.4) is 0 Å². The highest BCUT2D eigenvalue weighted by Crippen LogP contribution is 2.53. The fourth-order valence-corrected chi connectivity index (χ4v) is 6.81. The third-order valence-electron chi connectivity index (χ3n) is 6.66. The first-order valence-electron chi connectivity index (χ1n) is 11.4. The van der Waals surface area contributed by atoms with Gasteiger partial charge in [0, 0.05) is 12.0 Å². The summed E-state index contributed by atoms with van der Waals surface area (Å²) in [6, 6.07) is 22.2. The summed E-state index contributed by atoms with van der Waals surface area (Å²) in [6.07, 6.45) is 1.38. The number of rotatable bonds is 5. The van der Waals surface area contributed by atoms with Gasteiger partial charge in [-0.2, -0.15) is 5.26 Å². The number of sulfonamides is 1. The van der Waals surface area contributed by atoms with Gasteiger partial charge in [-0.1, -0.05) is 61.4 Å². The molecule has 3 aromatic carbocycles. The molecule has 3 aromatic rings. The van der Waals surface area contributed by atoms with Crippen molar-refractivity contribution in [2.75, 3.05) is 11.1 Å². The Bertz CT molecular complexity index is 1350. The van der Waals surface area contributed by atoms with Crippen LogP contribution in [0.5, 0.6) is 11.5 Å². The molecule has 0 fully saturated rings. The van der Waals surface area contributed by atoms with E-state index in [1.54, 1.807) is 36.4 Å². The second-order valence-electron chi connectivity index (χ2n) is 8.78. The van der Waals surface area contributed by atoms with Gasteiger partial charge in [-0.15, -0.1) is 0 Å². The molecule has 174 valence electrons. The molecule has 0 aliphatic carbocycles. The maximum Gasteiger partial charge on any atom is 0.264 e. The van der Waals surface area contributed by atoms with E-state index in [1.807, 2.05) is 44.2 Å². The Morgan fingerprint density at radius 3 is 2.35 bits per heavy atom. The highest BCUT2D eigenvalue weighted by Gasteiger charge is 2.47. The minimum atomic E-state index is -3.93. The molecule has 0 spiro atoms. The van der Waals surface area contributed by atoms with Crippen molar-refractivity contribution in [2.24, 2.45) is 0 Å². The fourth-order valence-electron chi connectivity index (χ4n) is 5.09. The number of nitrogens with zero attached hydrogens (tertiary/aromatic N) is 2. The summed E-state index contributed by atoms with van der Waals surface area (Å²) in [5.74, 6) is 0.160. The minimum absolute atomic E-state index is 0.0701. The number of hydrogen-bond donors (Lipinski definition) is 0. The number of fused-ring (bicyclic) bond motifs is 2. The monoisotopic (exact) mass is 474 g/mol. The molecule has 2 aliphatic heterocycles. The first-order chi connectivity index (χ1) is 16.5. The van der Waals surface area contributed by atoms with E-state index in [1.165, 1.54) is 4.31 Å². The molecule has 2 aliphatic rings. The van der Waals surface area contributed by atoms with Gasteiger partial charge >= 0.3 is 0 Å². The maximum absolute atomic E-state index is 14.2. The van der Waals surface area contributed by atoms with Crippen molar-refractivity contribution < 1.29 is 17.9 Å². The molecule has 34 heavy (non-hydrogen) atoms. The van der Waals surface area contributed by atoms with E-state index in [2.05, 4.69) is 6.07 Å². The molecular weight excluding hydrogens is 448 g/mol. The van der Waals surface area contributed by atoms with Crippen LogP contribution >= 0.6 is 0 Å². The lowest BCUT2D eigenvalue weighted by molar-refractivity contribution is 0.174. The van der Waals surface area contributed by atoms with Gasteiger partial charge in [-0.3, -0.25) is 4.31 Å². The SMILES string of the molecule is CCC[C@H]1[C@@H](c2ccccc2)[C@H](C#N)c2cc3c(cc2N1S(=O)(=O)c1ccc(C)cc1)OCO3. The average molecular weight is 475 g/mol. The molecule has 5 rings (SSSR count). The van der Waals surface area contributed by atoms with E-state index in [4.69, 9.17) is 9.47 Å². The molecule has 7 heteroatoms. The van der Waals surface area contributed by atoms with E-state index >= 15 is 0 Å². The second-order valence-corrected chi connectivity index (χ2v) is 10.6. The van der Waals surface area contributed by atoms with Gasteiger partial charge in [-0.05, 0) is 42.7 Å². The molecule has 0 saturated carbocycles. The van der Waals surface area contributed by atoms with Crippen LogP contribution in [0, 0.1) is 18.3 Å². The van der Waals surface area contributed by atoms with Crippen molar-refractivity contribution >= 4 is 15.7 Å². The van der Waals surface area contributed by atoms with Crippen molar-refractivity contribution in [2.45, 2.75) is 49.5 Å². The van der Waals surface area contributed by atoms with Crippen molar-refractivity contribution in [3.05, 3.63) is 83.4 Å². The highest BCUT2D eigenvalue weighted by atomic mass is 32.2. The predicted molar refractivity (Wildman–Crippen MR) is 130 cm³/mol. The largest absolute Gasteiger partial charge is 0.454 e. The molecule has 0 N–H and O–H groups in total. The number of nitriles is 1.